The Morgan fingerprint density at radius 1 is 1.55 bits per heavy atom. The van der Waals surface area contributed by atoms with Gasteiger partial charge in [0.25, 0.3) is 0 Å². The molecule has 2 rings (SSSR count). The Labute approximate surface area is 127 Å². The van der Waals surface area contributed by atoms with Gasteiger partial charge in [0.2, 0.25) is 0 Å². The van der Waals surface area contributed by atoms with Gasteiger partial charge in [0.1, 0.15) is 11.4 Å². The van der Waals surface area contributed by atoms with E-state index in [1.54, 1.807) is 6.20 Å². The third-order valence-electron chi connectivity index (χ3n) is 2.95. The lowest BCUT2D eigenvalue weighted by Gasteiger charge is -2.22. The van der Waals surface area contributed by atoms with E-state index in [9.17, 15) is 4.79 Å². The van der Waals surface area contributed by atoms with Gasteiger partial charge in [-0.3, -0.25) is 0 Å². The molecule has 5 nitrogen and oxygen atoms in total. The van der Waals surface area contributed by atoms with Crippen LogP contribution in [0.5, 0.6) is 0 Å². The first kappa shape index (κ1) is 15.1. The number of hydrogen-bond donors (Lipinski definition) is 1. The number of pyridine rings is 1. The van der Waals surface area contributed by atoms with Crippen LogP contribution >= 0.6 is 15.9 Å². The van der Waals surface area contributed by atoms with Crippen molar-refractivity contribution in [3.05, 3.63) is 22.8 Å². The molecule has 6 heteroatoms. The van der Waals surface area contributed by atoms with Crippen molar-refractivity contribution in [2.45, 2.75) is 38.8 Å². The van der Waals surface area contributed by atoms with Gasteiger partial charge in [0, 0.05) is 19.3 Å². The molecule has 0 radical (unpaired) electrons. The Bertz CT molecular complexity index is 488. The van der Waals surface area contributed by atoms with Crippen molar-refractivity contribution < 1.29 is 9.53 Å². The Morgan fingerprint density at radius 3 is 2.95 bits per heavy atom. The monoisotopic (exact) mass is 341 g/mol. The number of alkyl carbamates (subject to hydrolysis) is 1. The highest BCUT2D eigenvalue weighted by Crippen LogP contribution is 2.26. The molecule has 1 aromatic rings. The van der Waals surface area contributed by atoms with Crippen LogP contribution in [0, 0.1) is 0 Å². The van der Waals surface area contributed by atoms with Crippen molar-refractivity contribution in [3.63, 3.8) is 0 Å². The third kappa shape index (κ3) is 4.10. The normalized spacial score (nSPS) is 19.0. The van der Waals surface area contributed by atoms with E-state index in [4.69, 9.17) is 4.74 Å². The molecule has 1 amide bonds. The van der Waals surface area contributed by atoms with Crippen LogP contribution in [0.2, 0.25) is 0 Å². The predicted octanol–water partition coefficient (Wildman–Crippen LogP) is 2.95. The minimum atomic E-state index is -0.466. The minimum absolute atomic E-state index is 0.0961. The summed E-state index contributed by atoms with van der Waals surface area (Å²) < 4.78 is 6.24. The first-order chi connectivity index (χ1) is 9.35. The maximum atomic E-state index is 11.7. The second kappa shape index (κ2) is 5.99. The molecule has 0 aromatic carbocycles. The van der Waals surface area contributed by atoms with Crippen molar-refractivity contribution in [1.82, 2.24) is 10.3 Å². The zero-order valence-corrected chi connectivity index (χ0v) is 13.6. The van der Waals surface area contributed by atoms with Gasteiger partial charge >= 0.3 is 6.09 Å². The summed E-state index contributed by atoms with van der Waals surface area (Å²) in [5, 5.41) is 2.91. The molecule has 1 unspecified atom stereocenters. The second-order valence-corrected chi connectivity index (χ2v) is 6.74. The SMILES string of the molecule is CC(C)(C)OC(=O)NC1CCN(c2ncccc2Br)C1. The first-order valence-electron chi connectivity index (χ1n) is 6.70. The number of aromatic nitrogens is 1. The minimum Gasteiger partial charge on any atom is -0.444 e. The fourth-order valence-electron chi connectivity index (χ4n) is 2.15. The van der Waals surface area contributed by atoms with E-state index in [0.29, 0.717) is 0 Å². The standard InChI is InChI=1S/C14H20BrN3O2/c1-14(2,3)20-13(19)17-10-6-8-18(9-10)12-11(15)5-4-7-16-12/h4-5,7,10H,6,8-9H2,1-3H3,(H,17,19). The van der Waals surface area contributed by atoms with Gasteiger partial charge in [-0.25, -0.2) is 9.78 Å². The number of amides is 1. The quantitative estimate of drug-likeness (QED) is 0.898. The van der Waals surface area contributed by atoms with Crippen LogP contribution in [0.3, 0.4) is 0 Å². The Hall–Kier alpha value is -1.30. The topological polar surface area (TPSA) is 54.5 Å². The molecule has 1 atom stereocenters. The number of halogens is 1. The molecule has 0 spiro atoms. The van der Waals surface area contributed by atoms with Gasteiger partial charge in [-0.05, 0) is 55.3 Å². The van der Waals surface area contributed by atoms with Crippen molar-refractivity contribution >= 4 is 27.8 Å². The summed E-state index contributed by atoms with van der Waals surface area (Å²) in [6.45, 7) is 7.19. The number of anilines is 1. The number of carbonyl (C=O) groups excluding carboxylic acids is 1. The number of rotatable bonds is 2. The van der Waals surface area contributed by atoms with Crippen molar-refractivity contribution in [2.75, 3.05) is 18.0 Å². The van der Waals surface area contributed by atoms with Gasteiger partial charge in [-0.1, -0.05) is 0 Å². The first-order valence-corrected chi connectivity index (χ1v) is 7.49. The number of nitrogens with zero attached hydrogens (tertiary/aromatic N) is 2. The number of ether oxygens (including phenoxy) is 1. The molecule has 0 aliphatic carbocycles. The molecule has 1 aliphatic heterocycles. The number of carbonyl (C=O) groups is 1. The molecule has 2 heterocycles. The van der Waals surface area contributed by atoms with E-state index in [0.717, 1.165) is 29.8 Å². The Balaban J connectivity index is 1.90. The lowest BCUT2D eigenvalue weighted by molar-refractivity contribution is 0.0509. The van der Waals surface area contributed by atoms with E-state index in [2.05, 4.69) is 31.1 Å². The third-order valence-corrected chi connectivity index (χ3v) is 3.57. The fraction of sp³-hybridized carbons (Fsp3) is 0.571. The zero-order chi connectivity index (χ0) is 14.8. The van der Waals surface area contributed by atoms with Crippen molar-refractivity contribution in [2.24, 2.45) is 0 Å². The van der Waals surface area contributed by atoms with Crippen molar-refractivity contribution in [1.29, 1.82) is 0 Å². The maximum absolute atomic E-state index is 11.7. The lowest BCUT2D eigenvalue weighted by atomic mass is 10.2. The largest absolute Gasteiger partial charge is 0.444 e. The molecule has 1 aliphatic rings. The average molecular weight is 342 g/mol. The van der Waals surface area contributed by atoms with E-state index >= 15 is 0 Å². The molecular weight excluding hydrogens is 322 g/mol. The van der Waals surface area contributed by atoms with Crippen LogP contribution in [-0.4, -0.2) is 35.8 Å². The van der Waals surface area contributed by atoms with Crippen LogP contribution < -0.4 is 10.2 Å². The predicted molar refractivity (Wildman–Crippen MR) is 81.9 cm³/mol. The van der Waals surface area contributed by atoms with Crippen LogP contribution in [0.4, 0.5) is 10.6 Å². The zero-order valence-electron chi connectivity index (χ0n) is 12.0. The Morgan fingerprint density at radius 2 is 2.30 bits per heavy atom. The smallest absolute Gasteiger partial charge is 0.407 e. The summed E-state index contributed by atoms with van der Waals surface area (Å²) >= 11 is 3.50. The van der Waals surface area contributed by atoms with Crippen LogP contribution in [0.25, 0.3) is 0 Å². The van der Waals surface area contributed by atoms with Gasteiger partial charge in [0.05, 0.1) is 10.5 Å². The molecule has 1 N–H and O–H groups in total. The average Bonchev–Trinajstić information content (AvgIpc) is 2.75. The highest BCUT2D eigenvalue weighted by atomic mass is 79.9. The van der Waals surface area contributed by atoms with Crippen molar-refractivity contribution in [3.8, 4) is 0 Å². The molecule has 110 valence electrons. The lowest BCUT2D eigenvalue weighted by Crippen LogP contribution is -2.40. The summed E-state index contributed by atoms with van der Waals surface area (Å²) in [5.41, 5.74) is -0.466. The van der Waals surface area contributed by atoms with E-state index < -0.39 is 5.60 Å². The van der Waals surface area contributed by atoms with Gasteiger partial charge in [-0.15, -0.1) is 0 Å². The maximum Gasteiger partial charge on any atom is 0.407 e. The van der Waals surface area contributed by atoms with Crippen LogP contribution in [0.1, 0.15) is 27.2 Å². The number of nitrogens with one attached hydrogen (secondary N) is 1. The van der Waals surface area contributed by atoms with Gasteiger partial charge < -0.3 is 15.0 Å². The molecule has 1 aromatic heterocycles. The van der Waals surface area contributed by atoms with E-state index in [1.165, 1.54) is 0 Å². The number of hydrogen-bond acceptors (Lipinski definition) is 4. The van der Waals surface area contributed by atoms with Gasteiger partial charge in [0.15, 0.2) is 0 Å². The summed E-state index contributed by atoms with van der Waals surface area (Å²) in [6.07, 6.45) is 2.31. The molecule has 20 heavy (non-hydrogen) atoms. The summed E-state index contributed by atoms with van der Waals surface area (Å²) in [5.74, 6) is 0.918. The summed E-state index contributed by atoms with van der Waals surface area (Å²) in [4.78, 5) is 18.3. The second-order valence-electron chi connectivity index (χ2n) is 5.89. The summed E-state index contributed by atoms with van der Waals surface area (Å²) in [6, 6.07) is 3.95. The van der Waals surface area contributed by atoms with Crippen LogP contribution in [-0.2, 0) is 4.74 Å². The fourth-order valence-corrected chi connectivity index (χ4v) is 2.66. The summed E-state index contributed by atoms with van der Waals surface area (Å²) in [7, 11) is 0. The highest BCUT2D eigenvalue weighted by Gasteiger charge is 2.27. The molecule has 1 saturated heterocycles. The highest BCUT2D eigenvalue weighted by molar-refractivity contribution is 9.10. The Kier molecular flexibility index (Phi) is 4.52. The van der Waals surface area contributed by atoms with Crippen LogP contribution in [0.15, 0.2) is 22.8 Å². The molecule has 1 fully saturated rings. The molecular formula is C14H20BrN3O2. The van der Waals surface area contributed by atoms with Gasteiger partial charge in [-0.2, -0.15) is 0 Å². The molecule has 0 saturated carbocycles. The van der Waals surface area contributed by atoms with E-state index in [1.807, 2.05) is 32.9 Å². The van der Waals surface area contributed by atoms with E-state index in [-0.39, 0.29) is 12.1 Å². The molecule has 0 bridgehead atoms.